The van der Waals surface area contributed by atoms with E-state index in [0.717, 1.165) is 12.0 Å². The summed E-state index contributed by atoms with van der Waals surface area (Å²) in [6, 6.07) is 8.13. The second-order valence-electron chi connectivity index (χ2n) is 3.84. The van der Waals surface area contributed by atoms with E-state index in [0.29, 0.717) is 6.54 Å². The Balaban J connectivity index is 2.26. The molecule has 0 unspecified atom stereocenters. The number of carbonyl (C=O) groups excluding carboxylic acids is 2. The summed E-state index contributed by atoms with van der Waals surface area (Å²) >= 11 is 0. The fraction of sp³-hybridized carbons (Fsp3) is 0.385. The van der Waals surface area contributed by atoms with Gasteiger partial charge in [0, 0.05) is 6.54 Å². The number of hydrogen-bond donors (Lipinski definition) is 1. The molecule has 0 aliphatic heterocycles. The Morgan fingerprint density at radius 1 is 1.24 bits per heavy atom. The minimum Gasteiger partial charge on any atom is -0.469 e. The van der Waals surface area contributed by atoms with Crippen molar-refractivity contribution in [3.63, 3.8) is 0 Å². The van der Waals surface area contributed by atoms with Gasteiger partial charge in [-0.1, -0.05) is 29.8 Å². The van der Waals surface area contributed by atoms with E-state index >= 15 is 0 Å². The zero-order chi connectivity index (χ0) is 12.7. The Kier molecular flexibility index (Phi) is 5.20. The lowest BCUT2D eigenvalue weighted by Gasteiger charge is -2.05. The molecule has 0 fully saturated rings. The van der Waals surface area contributed by atoms with Gasteiger partial charge in [-0.15, -0.1) is 0 Å². The molecule has 0 aliphatic carbocycles. The fourth-order valence-corrected chi connectivity index (χ4v) is 1.37. The molecule has 0 saturated heterocycles. The molecule has 4 nitrogen and oxygen atoms in total. The lowest BCUT2D eigenvalue weighted by molar-refractivity contribution is -0.143. The number of carbonyl (C=O) groups is 2. The number of amides is 1. The molecule has 4 heteroatoms. The van der Waals surface area contributed by atoms with Gasteiger partial charge in [0.15, 0.2) is 0 Å². The Morgan fingerprint density at radius 2 is 1.88 bits per heavy atom. The molecule has 1 aromatic rings. The second kappa shape index (κ2) is 6.68. The average molecular weight is 235 g/mol. The largest absolute Gasteiger partial charge is 0.469 e. The Hall–Kier alpha value is -1.84. The standard InChI is InChI=1S/C13H17NO3/c1-10-3-5-11(6-4-10)7-8-14-12(15)9-13(16)17-2/h3-6H,7-9H2,1-2H3,(H,14,15). The molecule has 1 rings (SSSR count). The van der Waals surface area contributed by atoms with Crippen LogP contribution in [0.1, 0.15) is 17.5 Å². The van der Waals surface area contributed by atoms with Gasteiger partial charge in [-0.25, -0.2) is 0 Å². The first-order valence-electron chi connectivity index (χ1n) is 5.51. The van der Waals surface area contributed by atoms with Crippen LogP contribution in [0.5, 0.6) is 0 Å². The van der Waals surface area contributed by atoms with Crippen LogP contribution in [0.15, 0.2) is 24.3 Å². The molecule has 0 bridgehead atoms. The van der Waals surface area contributed by atoms with Crippen LogP contribution in [-0.2, 0) is 20.7 Å². The van der Waals surface area contributed by atoms with Crippen LogP contribution in [0.4, 0.5) is 0 Å². The van der Waals surface area contributed by atoms with Crippen LogP contribution in [0.25, 0.3) is 0 Å². The number of benzene rings is 1. The third-order valence-electron chi connectivity index (χ3n) is 2.39. The van der Waals surface area contributed by atoms with Gasteiger partial charge >= 0.3 is 5.97 Å². The molecule has 1 aromatic carbocycles. The van der Waals surface area contributed by atoms with Crippen LogP contribution in [0.3, 0.4) is 0 Å². The van der Waals surface area contributed by atoms with Crippen molar-refractivity contribution in [2.45, 2.75) is 19.8 Å². The van der Waals surface area contributed by atoms with Gasteiger partial charge < -0.3 is 10.1 Å². The summed E-state index contributed by atoms with van der Waals surface area (Å²) in [4.78, 5) is 22.1. The number of hydrogen-bond acceptors (Lipinski definition) is 3. The second-order valence-corrected chi connectivity index (χ2v) is 3.84. The molecular formula is C13H17NO3. The van der Waals surface area contributed by atoms with E-state index in [1.807, 2.05) is 31.2 Å². The van der Waals surface area contributed by atoms with E-state index in [-0.39, 0.29) is 12.3 Å². The highest BCUT2D eigenvalue weighted by molar-refractivity contribution is 5.94. The highest BCUT2D eigenvalue weighted by Crippen LogP contribution is 2.03. The zero-order valence-electron chi connectivity index (χ0n) is 10.2. The van der Waals surface area contributed by atoms with Gasteiger partial charge in [0.1, 0.15) is 6.42 Å². The molecular weight excluding hydrogens is 218 g/mol. The maximum Gasteiger partial charge on any atom is 0.315 e. The number of rotatable bonds is 5. The summed E-state index contributed by atoms with van der Waals surface area (Å²) in [7, 11) is 1.27. The van der Waals surface area contributed by atoms with Crippen molar-refractivity contribution in [3.8, 4) is 0 Å². The van der Waals surface area contributed by atoms with Crippen molar-refractivity contribution in [1.82, 2.24) is 5.32 Å². The van der Waals surface area contributed by atoms with E-state index in [9.17, 15) is 9.59 Å². The molecule has 0 heterocycles. The van der Waals surface area contributed by atoms with Crippen molar-refractivity contribution in [2.75, 3.05) is 13.7 Å². The van der Waals surface area contributed by atoms with Crippen molar-refractivity contribution in [3.05, 3.63) is 35.4 Å². The van der Waals surface area contributed by atoms with E-state index in [1.54, 1.807) is 0 Å². The van der Waals surface area contributed by atoms with Crippen molar-refractivity contribution >= 4 is 11.9 Å². The smallest absolute Gasteiger partial charge is 0.315 e. The Morgan fingerprint density at radius 3 is 2.47 bits per heavy atom. The fourth-order valence-electron chi connectivity index (χ4n) is 1.37. The first-order chi connectivity index (χ1) is 8.11. The normalized spacial score (nSPS) is 9.76. The lowest BCUT2D eigenvalue weighted by Crippen LogP contribution is -2.28. The number of nitrogens with one attached hydrogen (secondary N) is 1. The first-order valence-corrected chi connectivity index (χ1v) is 5.51. The quantitative estimate of drug-likeness (QED) is 0.616. The Bertz CT molecular complexity index is 384. The summed E-state index contributed by atoms with van der Waals surface area (Å²) < 4.78 is 4.40. The molecule has 0 spiro atoms. The van der Waals surface area contributed by atoms with Gasteiger partial charge in [0.25, 0.3) is 0 Å². The van der Waals surface area contributed by atoms with E-state index in [4.69, 9.17) is 0 Å². The maximum atomic E-state index is 11.2. The van der Waals surface area contributed by atoms with Crippen LogP contribution < -0.4 is 5.32 Å². The van der Waals surface area contributed by atoms with Gasteiger partial charge in [0.05, 0.1) is 7.11 Å². The van der Waals surface area contributed by atoms with E-state index < -0.39 is 5.97 Å². The molecule has 1 N–H and O–H groups in total. The SMILES string of the molecule is COC(=O)CC(=O)NCCc1ccc(C)cc1. The van der Waals surface area contributed by atoms with Gasteiger partial charge in [-0.2, -0.15) is 0 Å². The molecule has 17 heavy (non-hydrogen) atoms. The summed E-state index contributed by atoms with van der Waals surface area (Å²) in [6.45, 7) is 2.56. The molecule has 0 aliphatic rings. The van der Waals surface area contributed by atoms with E-state index in [1.165, 1.54) is 12.7 Å². The highest BCUT2D eigenvalue weighted by atomic mass is 16.5. The molecule has 0 radical (unpaired) electrons. The number of aryl methyl sites for hydroxylation is 1. The highest BCUT2D eigenvalue weighted by Gasteiger charge is 2.07. The third-order valence-corrected chi connectivity index (χ3v) is 2.39. The average Bonchev–Trinajstić information content (AvgIpc) is 2.31. The lowest BCUT2D eigenvalue weighted by atomic mass is 10.1. The predicted octanol–water partition coefficient (Wildman–Crippen LogP) is 1.22. The van der Waals surface area contributed by atoms with Gasteiger partial charge in [0.2, 0.25) is 5.91 Å². The van der Waals surface area contributed by atoms with Crippen molar-refractivity contribution < 1.29 is 14.3 Å². The van der Waals surface area contributed by atoms with Crippen LogP contribution in [-0.4, -0.2) is 25.5 Å². The van der Waals surface area contributed by atoms with Crippen LogP contribution in [0.2, 0.25) is 0 Å². The summed E-state index contributed by atoms with van der Waals surface area (Å²) in [5, 5.41) is 2.67. The zero-order valence-corrected chi connectivity index (χ0v) is 10.2. The van der Waals surface area contributed by atoms with Gasteiger partial charge in [-0.3, -0.25) is 9.59 Å². The molecule has 0 saturated carbocycles. The van der Waals surface area contributed by atoms with Crippen LogP contribution in [0, 0.1) is 6.92 Å². The van der Waals surface area contributed by atoms with E-state index in [2.05, 4.69) is 10.1 Å². The summed E-state index contributed by atoms with van der Waals surface area (Å²) in [6.07, 6.45) is 0.539. The summed E-state index contributed by atoms with van der Waals surface area (Å²) in [5.41, 5.74) is 2.37. The van der Waals surface area contributed by atoms with Gasteiger partial charge in [-0.05, 0) is 18.9 Å². The summed E-state index contributed by atoms with van der Waals surface area (Å²) in [5.74, 6) is -0.818. The number of esters is 1. The molecule has 0 aromatic heterocycles. The minimum absolute atomic E-state index is 0.218. The third kappa shape index (κ3) is 5.15. The molecule has 0 atom stereocenters. The number of methoxy groups -OCH3 is 1. The maximum absolute atomic E-state index is 11.2. The predicted molar refractivity (Wildman–Crippen MR) is 64.5 cm³/mol. The topological polar surface area (TPSA) is 55.4 Å². The first kappa shape index (κ1) is 13.2. The van der Waals surface area contributed by atoms with Crippen LogP contribution >= 0.6 is 0 Å². The van der Waals surface area contributed by atoms with Crippen molar-refractivity contribution in [2.24, 2.45) is 0 Å². The monoisotopic (exact) mass is 235 g/mol. The Labute approximate surface area is 101 Å². The number of ether oxygens (including phenoxy) is 1. The van der Waals surface area contributed by atoms with Crippen molar-refractivity contribution in [1.29, 1.82) is 0 Å². The minimum atomic E-state index is -0.516. The molecule has 1 amide bonds. The molecule has 92 valence electrons.